The molecule has 0 bridgehead atoms. The molecule has 2 aromatic rings. The highest BCUT2D eigenvalue weighted by Crippen LogP contribution is 2.49. The van der Waals surface area contributed by atoms with Crippen LogP contribution in [0.15, 0.2) is 54.6 Å². The second kappa shape index (κ2) is 7.51. The van der Waals surface area contributed by atoms with Gasteiger partial charge in [-0.25, -0.2) is 4.79 Å². The van der Waals surface area contributed by atoms with Crippen molar-refractivity contribution in [1.29, 1.82) is 5.41 Å². The lowest BCUT2D eigenvalue weighted by atomic mass is 9.85. The van der Waals surface area contributed by atoms with E-state index in [0.717, 1.165) is 5.56 Å². The predicted molar refractivity (Wildman–Crippen MR) is 110 cm³/mol. The van der Waals surface area contributed by atoms with Gasteiger partial charge in [0.05, 0.1) is 12.5 Å². The first-order chi connectivity index (χ1) is 14.7. The number of ether oxygens (including phenoxy) is 1. The van der Waals surface area contributed by atoms with Gasteiger partial charge in [0.25, 0.3) is 0 Å². The number of nitrogen functional groups attached to an aromatic ring is 1. The van der Waals surface area contributed by atoms with Gasteiger partial charge in [-0.2, -0.15) is 0 Å². The Kier molecular flexibility index (Phi) is 4.98. The fourth-order valence-electron chi connectivity index (χ4n) is 4.51. The highest BCUT2D eigenvalue weighted by Gasteiger charge is 2.65. The highest BCUT2D eigenvalue weighted by atomic mass is 16.7. The average molecular weight is 422 g/mol. The maximum absolute atomic E-state index is 13.3. The molecule has 160 valence electrons. The number of carbonyl (C=O) groups excluding carboxylic acids is 2. The maximum Gasteiger partial charge on any atom is 0.507 e. The van der Waals surface area contributed by atoms with E-state index in [1.807, 2.05) is 30.3 Å². The van der Waals surface area contributed by atoms with Crippen LogP contribution >= 0.6 is 0 Å². The molecule has 0 aromatic heterocycles. The van der Waals surface area contributed by atoms with Crippen molar-refractivity contribution in [2.24, 2.45) is 17.6 Å². The van der Waals surface area contributed by atoms with Gasteiger partial charge >= 0.3 is 6.16 Å². The maximum atomic E-state index is 13.3. The minimum absolute atomic E-state index is 0.0935. The quantitative estimate of drug-likeness (QED) is 0.249. The summed E-state index contributed by atoms with van der Waals surface area (Å²) < 4.78 is 5.10. The van der Waals surface area contributed by atoms with Gasteiger partial charge < -0.3 is 15.6 Å². The number of carboxylic acid groups (broad SMARTS) is 1. The molecule has 2 fully saturated rings. The smallest absolute Gasteiger partial charge is 0.450 e. The molecular weight excluding hydrogens is 400 g/mol. The summed E-state index contributed by atoms with van der Waals surface area (Å²) in [7, 11) is 0. The van der Waals surface area contributed by atoms with Crippen molar-refractivity contribution >= 4 is 23.8 Å². The van der Waals surface area contributed by atoms with E-state index in [2.05, 4.69) is 5.32 Å². The third-order valence-corrected chi connectivity index (χ3v) is 5.90. The van der Waals surface area contributed by atoms with Crippen molar-refractivity contribution in [2.45, 2.75) is 25.2 Å². The standard InChI is InChI=1S/C22H22N4O5/c1-22(31-21(29)30)16-15(17(25-22)13-7-9-14(10-8-13)18(23)24)19(27)26(20(16)28)11-12-5-3-2-4-6-12/h2-10,15-17,25H,11H2,1H3,(H3,23,24)(H,29,30). The molecule has 4 rings (SSSR count). The Hall–Kier alpha value is -3.72. The Balaban J connectivity index is 1.71. The average Bonchev–Trinajstić information content (AvgIpc) is 3.16. The molecule has 2 aromatic carbocycles. The number of imide groups is 1. The Morgan fingerprint density at radius 3 is 2.39 bits per heavy atom. The summed E-state index contributed by atoms with van der Waals surface area (Å²) in [6, 6.07) is 15.2. The van der Waals surface area contributed by atoms with Crippen molar-refractivity contribution in [1.82, 2.24) is 10.2 Å². The Morgan fingerprint density at radius 1 is 1.16 bits per heavy atom. The molecule has 31 heavy (non-hydrogen) atoms. The first-order valence-corrected chi connectivity index (χ1v) is 9.74. The highest BCUT2D eigenvalue weighted by molar-refractivity contribution is 6.06. The molecule has 4 unspecified atom stereocenters. The molecule has 2 aliphatic heterocycles. The fraction of sp³-hybridized carbons (Fsp3) is 0.273. The van der Waals surface area contributed by atoms with Crippen LogP contribution in [0.2, 0.25) is 0 Å². The third-order valence-electron chi connectivity index (χ3n) is 5.90. The molecule has 5 N–H and O–H groups in total. The van der Waals surface area contributed by atoms with Crippen LogP contribution in [0.5, 0.6) is 0 Å². The minimum Gasteiger partial charge on any atom is -0.450 e. The molecule has 4 atom stereocenters. The van der Waals surface area contributed by atoms with Gasteiger partial charge in [0.1, 0.15) is 11.8 Å². The number of amidine groups is 1. The van der Waals surface area contributed by atoms with Crippen LogP contribution in [0.25, 0.3) is 0 Å². The van der Waals surface area contributed by atoms with Gasteiger partial charge in [0, 0.05) is 11.6 Å². The number of carbonyl (C=O) groups is 3. The molecular formula is C22H22N4O5. The van der Waals surface area contributed by atoms with E-state index in [4.69, 9.17) is 15.9 Å². The zero-order chi connectivity index (χ0) is 22.3. The summed E-state index contributed by atoms with van der Waals surface area (Å²) in [5.41, 5.74) is 5.91. The number of nitrogens with two attached hydrogens (primary N) is 1. The number of nitrogens with one attached hydrogen (secondary N) is 2. The van der Waals surface area contributed by atoms with Crippen LogP contribution in [0.1, 0.15) is 29.7 Å². The van der Waals surface area contributed by atoms with Crippen LogP contribution in [0.3, 0.4) is 0 Å². The molecule has 9 heteroatoms. The van der Waals surface area contributed by atoms with Crippen molar-refractivity contribution in [3.63, 3.8) is 0 Å². The number of nitrogens with zero attached hydrogens (tertiary/aromatic N) is 1. The Labute approximate surface area is 178 Å². The van der Waals surface area contributed by atoms with E-state index in [1.165, 1.54) is 11.8 Å². The molecule has 2 amide bonds. The van der Waals surface area contributed by atoms with Crippen LogP contribution in [0, 0.1) is 17.2 Å². The van der Waals surface area contributed by atoms with Gasteiger partial charge in [0.2, 0.25) is 11.8 Å². The summed E-state index contributed by atoms with van der Waals surface area (Å²) in [6.07, 6.45) is -1.54. The fourth-order valence-corrected chi connectivity index (χ4v) is 4.51. The number of fused-ring (bicyclic) bond motifs is 1. The van der Waals surface area contributed by atoms with Crippen LogP contribution < -0.4 is 11.1 Å². The number of amides is 2. The molecule has 0 aliphatic carbocycles. The van der Waals surface area contributed by atoms with Crippen molar-refractivity contribution in [3.05, 3.63) is 71.3 Å². The largest absolute Gasteiger partial charge is 0.507 e. The third kappa shape index (κ3) is 3.53. The lowest BCUT2D eigenvalue weighted by Crippen LogP contribution is -2.50. The summed E-state index contributed by atoms with van der Waals surface area (Å²) in [6.45, 7) is 1.57. The molecule has 0 radical (unpaired) electrons. The molecule has 9 nitrogen and oxygen atoms in total. The monoisotopic (exact) mass is 422 g/mol. The Bertz CT molecular complexity index is 1060. The van der Waals surface area contributed by atoms with Gasteiger partial charge in [-0.1, -0.05) is 54.6 Å². The minimum atomic E-state index is -1.57. The van der Waals surface area contributed by atoms with Crippen molar-refractivity contribution in [2.75, 3.05) is 0 Å². The van der Waals surface area contributed by atoms with Gasteiger partial charge in [0.15, 0.2) is 5.72 Å². The first-order valence-electron chi connectivity index (χ1n) is 9.74. The Morgan fingerprint density at radius 2 is 1.81 bits per heavy atom. The van der Waals surface area contributed by atoms with E-state index in [-0.39, 0.29) is 18.3 Å². The molecule has 2 heterocycles. The van der Waals surface area contributed by atoms with E-state index < -0.39 is 35.7 Å². The number of benzene rings is 2. The topological polar surface area (TPSA) is 146 Å². The van der Waals surface area contributed by atoms with E-state index in [9.17, 15) is 19.5 Å². The SMILES string of the molecule is CC1(OC(=O)O)NC(c2ccc(C(=N)N)cc2)C2C(=O)N(Cc3ccccc3)C(=O)C21. The number of rotatable bonds is 5. The second-order valence-corrected chi connectivity index (χ2v) is 7.88. The number of likely N-dealkylation sites (tertiary alicyclic amines) is 1. The van der Waals surface area contributed by atoms with Crippen molar-refractivity contribution < 1.29 is 24.2 Å². The summed E-state index contributed by atoms with van der Waals surface area (Å²) in [5, 5.41) is 19.8. The lowest BCUT2D eigenvalue weighted by molar-refractivity contribution is -0.144. The van der Waals surface area contributed by atoms with Gasteiger partial charge in [-0.05, 0) is 18.1 Å². The van der Waals surface area contributed by atoms with Crippen LogP contribution in [-0.2, 0) is 20.9 Å². The van der Waals surface area contributed by atoms with Gasteiger partial charge in [-0.15, -0.1) is 0 Å². The van der Waals surface area contributed by atoms with E-state index in [0.29, 0.717) is 11.1 Å². The summed E-state index contributed by atoms with van der Waals surface area (Å²) in [4.78, 5) is 39.1. The van der Waals surface area contributed by atoms with Gasteiger partial charge in [-0.3, -0.25) is 25.2 Å². The predicted octanol–water partition coefficient (Wildman–Crippen LogP) is 1.83. The number of hydrogen-bond acceptors (Lipinski definition) is 6. The summed E-state index contributed by atoms with van der Waals surface area (Å²) in [5.74, 6) is -2.78. The lowest BCUT2D eigenvalue weighted by Gasteiger charge is -2.29. The van der Waals surface area contributed by atoms with E-state index in [1.54, 1.807) is 24.3 Å². The second-order valence-electron chi connectivity index (χ2n) is 7.88. The molecule has 0 spiro atoms. The zero-order valence-electron chi connectivity index (χ0n) is 16.7. The van der Waals surface area contributed by atoms with Crippen molar-refractivity contribution in [3.8, 4) is 0 Å². The normalized spacial score (nSPS) is 27.3. The van der Waals surface area contributed by atoms with Crippen LogP contribution in [0.4, 0.5) is 4.79 Å². The molecule has 2 aliphatic rings. The number of hydrogen-bond donors (Lipinski definition) is 4. The zero-order valence-corrected chi connectivity index (χ0v) is 16.7. The van der Waals surface area contributed by atoms with Crippen LogP contribution in [-0.4, -0.2) is 39.5 Å². The van der Waals surface area contributed by atoms with E-state index >= 15 is 0 Å². The summed E-state index contributed by atoms with van der Waals surface area (Å²) >= 11 is 0. The molecule has 2 saturated heterocycles. The first kappa shape index (κ1) is 20.5. The molecule has 0 saturated carbocycles.